The second kappa shape index (κ2) is 10.8. The van der Waals surface area contributed by atoms with Gasteiger partial charge in [0.2, 0.25) is 5.91 Å². The maximum Gasteiger partial charge on any atom is 0.414 e. The highest BCUT2D eigenvalue weighted by molar-refractivity contribution is 7.10. The van der Waals surface area contributed by atoms with Gasteiger partial charge in [0.25, 0.3) is 5.91 Å². The number of imide groups is 1. The number of alkyl carbamates (subject to hydrolysis) is 1. The summed E-state index contributed by atoms with van der Waals surface area (Å²) >= 11 is 1.42. The fourth-order valence-corrected chi connectivity index (χ4v) is 3.90. The van der Waals surface area contributed by atoms with Crippen LogP contribution in [0, 0.1) is 0 Å². The van der Waals surface area contributed by atoms with E-state index >= 15 is 0 Å². The number of nitrogens with one attached hydrogen (secondary N) is 2. The first kappa shape index (κ1) is 21.9. The van der Waals surface area contributed by atoms with Gasteiger partial charge in [0.05, 0.1) is 31.9 Å². The molecule has 160 valence electrons. The van der Waals surface area contributed by atoms with Crippen molar-refractivity contribution in [1.29, 1.82) is 0 Å². The lowest BCUT2D eigenvalue weighted by Crippen LogP contribution is -2.41. The van der Waals surface area contributed by atoms with Gasteiger partial charge in [-0.05, 0) is 36.1 Å². The van der Waals surface area contributed by atoms with Crippen molar-refractivity contribution in [3.05, 3.63) is 45.8 Å². The first-order valence-electron chi connectivity index (χ1n) is 9.64. The molecule has 0 radical (unpaired) electrons. The minimum Gasteiger partial charge on any atom is -0.450 e. The van der Waals surface area contributed by atoms with Gasteiger partial charge < -0.3 is 14.8 Å². The monoisotopic (exact) mass is 432 g/mol. The number of hydrogen-bond acceptors (Lipinski definition) is 8. The normalized spacial score (nSPS) is 14.2. The molecule has 0 bridgehead atoms. The van der Waals surface area contributed by atoms with E-state index < -0.39 is 12.0 Å². The minimum absolute atomic E-state index is 0.132. The van der Waals surface area contributed by atoms with Gasteiger partial charge in [-0.1, -0.05) is 0 Å². The third kappa shape index (κ3) is 6.34. The molecule has 3 rings (SSSR count). The molecule has 3 heterocycles. The molecule has 0 spiro atoms. The lowest BCUT2D eigenvalue weighted by atomic mass is 10.1. The van der Waals surface area contributed by atoms with Crippen molar-refractivity contribution in [2.75, 3.05) is 44.8 Å². The molecule has 0 atom stereocenters. The van der Waals surface area contributed by atoms with Crippen molar-refractivity contribution in [2.24, 2.45) is 0 Å². The van der Waals surface area contributed by atoms with Gasteiger partial charge in [0.15, 0.2) is 0 Å². The summed E-state index contributed by atoms with van der Waals surface area (Å²) in [5.41, 5.74) is 1.31. The standard InChI is InChI=1S/C20H24N4O5S/c1-2-29-20(27)23-19(26)15-4-10-30-16(15)11-14-3-5-21-17(12-14)22-18(25)13-24-6-8-28-9-7-24/h3-5,10,12H,2,6-9,11,13H2,1H3,(H,21,22,25)(H,23,26,27). The topological polar surface area (TPSA) is 110 Å². The molecule has 2 aromatic rings. The van der Waals surface area contributed by atoms with E-state index in [1.807, 2.05) is 11.0 Å². The maximum absolute atomic E-state index is 12.3. The number of hydrogen-bond donors (Lipinski definition) is 2. The predicted octanol–water partition coefficient (Wildman–Crippen LogP) is 1.89. The van der Waals surface area contributed by atoms with E-state index in [1.165, 1.54) is 11.3 Å². The van der Waals surface area contributed by atoms with Crippen LogP contribution in [0.3, 0.4) is 0 Å². The smallest absolute Gasteiger partial charge is 0.414 e. The van der Waals surface area contributed by atoms with Crippen LogP contribution in [0.1, 0.15) is 27.7 Å². The molecule has 2 aromatic heterocycles. The van der Waals surface area contributed by atoms with Gasteiger partial charge in [0, 0.05) is 30.6 Å². The predicted molar refractivity (Wildman–Crippen MR) is 112 cm³/mol. The van der Waals surface area contributed by atoms with Crippen molar-refractivity contribution >= 4 is 35.1 Å². The van der Waals surface area contributed by atoms with Gasteiger partial charge in [-0.25, -0.2) is 9.78 Å². The van der Waals surface area contributed by atoms with Crippen LogP contribution in [-0.4, -0.2) is 67.2 Å². The zero-order chi connectivity index (χ0) is 21.3. The number of aromatic nitrogens is 1. The Hall–Kier alpha value is -2.82. The number of nitrogens with zero attached hydrogens (tertiary/aromatic N) is 2. The highest BCUT2D eigenvalue weighted by atomic mass is 32.1. The van der Waals surface area contributed by atoms with Crippen LogP contribution in [0.25, 0.3) is 0 Å². The van der Waals surface area contributed by atoms with Gasteiger partial charge in [0.1, 0.15) is 5.82 Å². The molecule has 1 aliphatic rings. The molecule has 10 heteroatoms. The number of rotatable bonds is 7. The fraction of sp³-hybridized carbons (Fsp3) is 0.400. The molecule has 30 heavy (non-hydrogen) atoms. The molecule has 1 saturated heterocycles. The van der Waals surface area contributed by atoms with E-state index in [1.54, 1.807) is 30.6 Å². The third-order valence-electron chi connectivity index (χ3n) is 4.41. The van der Waals surface area contributed by atoms with E-state index in [0.29, 0.717) is 37.6 Å². The summed E-state index contributed by atoms with van der Waals surface area (Å²) in [6.45, 7) is 4.87. The van der Waals surface area contributed by atoms with Crippen LogP contribution in [0.5, 0.6) is 0 Å². The number of pyridine rings is 1. The number of anilines is 1. The largest absolute Gasteiger partial charge is 0.450 e. The van der Waals surface area contributed by atoms with Crippen molar-refractivity contribution < 1.29 is 23.9 Å². The molecule has 0 aromatic carbocycles. The van der Waals surface area contributed by atoms with Gasteiger partial charge in [-0.15, -0.1) is 11.3 Å². The third-order valence-corrected chi connectivity index (χ3v) is 5.33. The van der Waals surface area contributed by atoms with E-state index in [-0.39, 0.29) is 12.5 Å². The summed E-state index contributed by atoms with van der Waals surface area (Å²) in [4.78, 5) is 43.1. The Morgan fingerprint density at radius 3 is 2.83 bits per heavy atom. The summed E-state index contributed by atoms with van der Waals surface area (Å²) in [7, 11) is 0. The molecule has 3 amide bonds. The number of morpholine rings is 1. The Morgan fingerprint density at radius 2 is 2.07 bits per heavy atom. The zero-order valence-corrected chi connectivity index (χ0v) is 17.5. The molecule has 0 aliphatic carbocycles. The first-order valence-corrected chi connectivity index (χ1v) is 10.5. The van der Waals surface area contributed by atoms with Crippen LogP contribution < -0.4 is 10.6 Å². The van der Waals surface area contributed by atoms with Crippen molar-refractivity contribution in [3.8, 4) is 0 Å². The molecular weight excluding hydrogens is 408 g/mol. The van der Waals surface area contributed by atoms with Gasteiger partial charge in [-0.3, -0.25) is 19.8 Å². The molecule has 0 saturated carbocycles. The van der Waals surface area contributed by atoms with Crippen LogP contribution in [0.15, 0.2) is 29.8 Å². The number of carbonyl (C=O) groups is 3. The van der Waals surface area contributed by atoms with E-state index in [0.717, 1.165) is 23.5 Å². The lowest BCUT2D eigenvalue weighted by Gasteiger charge is -2.25. The van der Waals surface area contributed by atoms with Crippen molar-refractivity contribution in [1.82, 2.24) is 15.2 Å². The average molecular weight is 433 g/mol. The fourth-order valence-electron chi connectivity index (χ4n) is 2.99. The number of amides is 3. The molecule has 1 fully saturated rings. The van der Waals surface area contributed by atoms with E-state index in [9.17, 15) is 14.4 Å². The summed E-state index contributed by atoms with van der Waals surface area (Å²) in [6, 6.07) is 5.27. The van der Waals surface area contributed by atoms with Crippen LogP contribution in [0.4, 0.5) is 10.6 Å². The quantitative estimate of drug-likeness (QED) is 0.687. The Morgan fingerprint density at radius 1 is 1.27 bits per heavy atom. The van der Waals surface area contributed by atoms with Crippen LogP contribution in [0.2, 0.25) is 0 Å². The highest BCUT2D eigenvalue weighted by Gasteiger charge is 2.17. The van der Waals surface area contributed by atoms with E-state index in [4.69, 9.17) is 9.47 Å². The van der Waals surface area contributed by atoms with E-state index in [2.05, 4.69) is 15.6 Å². The first-order chi connectivity index (χ1) is 14.5. The highest BCUT2D eigenvalue weighted by Crippen LogP contribution is 2.22. The van der Waals surface area contributed by atoms with Gasteiger partial charge in [-0.2, -0.15) is 0 Å². The summed E-state index contributed by atoms with van der Waals surface area (Å²) in [5, 5.41) is 6.82. The minimum atomic E-state index is -0.770. The van der Waals surface area contributed by atoms with Crippen molar-refractivity contribution in [2.45, 2.75) is 13.3 Å². The Kier molecular flexibility index (Phi) is 7.89. The summed E-state index contributed by atoms with van der Waals surface area (Å²) in [6.07, 6.45) is 1.32. The molecule has 0 unspecified atom stereocenters. The second-order valence-electron chi connectivity index (χ2n) is 6.59. The lowest BCUT2D eigenvalue weighted by molar-refractivity contribution is -0.118. The molecule has 9 nitrogen and oxygen atoms in total. The van der Waals surface area contributed by atoms with Crippen LogP contribution in [-0.2, 0) is 20.7 Å². The number of thiophene rings is 1. The molecule has 2 N–H and O–H groups in total. The average Bonchev–Trinajstić information content (AvgIpc) is 3.17. The Balaban J connectivity index is 1.60. The zero-order valence-electron chi connectivity index (χ0n) is 16.7. The van der Waals surface area contributed by atoms with Crippen LogP contribution >= 0.6 is 11.3 Å². The second-order valence-corrected chi connectivity index (χ2v) is 7.60. The number of ether oxygens (including phenoxy) is 2. The molecule has 1 aliphatic heterocycles. The number of carbonyl (C=O) groups excluding carboxylic acids is 3. The Labute approximate surface area is 178 Å². The maximum atomic E-state index is 12.3. The summed E-state index contributed by atoms with van der Waals surface area (Å²) < 4.78 is 10.0. The SMILES string of the molecule is CCOC(=O)NC(=O)c1ccsc1Cc1ccnc(NC(=O)CN2CCOCC2)c1. The summed E-state index contributed by atoms with van der Waals surface area (Å²) in [5.74, 6) is -0.176. The molecular formula is C20H24N4O5S. The van der Waals surface area contributed by atoms with Gasteiger partial charge >= 0.3 is 6.09 Å². The Bertz CT molecular complexity index is 895. The van der Waals surface area contributed by atoms with Crippen molar-refractivity contribution in [3.63, 3.8) is 0 Å².